The van der Waals surface area contributed by atoms with Gasteiger partial charge in [0, 0.05) is 36.6 Å². The first-order chi connectivity index (χ1) is 17.3. The van der Waals surface area contributed by atoms with E-state index in [-0.39, 0.29) is 30.8 Å². The summed E-state index contributed by atoms with van der Waals surface area (Å²) in [5, 5.41) is 7.11. The largest absolute Gasteiger partial charge is 0.369 e. The van der Waals surface area contributed by atoms with E-state index in [1.807, 2.05) is 60.8 Å². The Balaban J connectivity index is 0.00000320. The number of hydrogen-bond acceptors (Lipinski definition) is 4. The highest BCUT2D eigenvalue weighted by atomic mass is 35.5. The van der Waals surface area contributed by atoms with Crippen LogP contribution < -0.4 is 5.73 Å². The van der Waals surface area contributed by atoms with E-state index in [1.54, 1.807) is 18.7 Å². The number of nitrogens with one attached hydrogen (secondary N) is 1. The number of halogens is 1. The highest BCUT2D eigenvalue weighted by Crippen LogP contribution is 2.35. The molecule has 0 aliphatic carbocycles. The minimum Gasteiger partial charge on any atom is -0.369 e. The molecule has 0 bridgehead atoms. The van der Waals surface area contributed by atoms with Crippen LogP contribution in [-0.4, -0.2) is 51.4 Å². The smallest absolute Gasteiger partial charge is 0.253 e. The normalized spacial score (nSPS) is 18.3. The summed E-state index contributed by atoms with van der Waals surface area (Å²) in [5.74, 6) is -1.88. The van der Waals surface area contributed by atoms with Crippen LogP contribution in [0.1, 0.15) is 31.4 Å². The number of aromatic nitrogens is 1. The average Bonchev–Trinajstić information content (AvgIpc) is 3.43. The summed E-state index contributed by atoms with van der Waals surface area (Å²) in [6.45, 7) is 4.59. The summed E-state index contributed by atoms with van der Waals surface area (Å²) < 4.78 is 0. The molecule has 2 aliphatic rings. The van der Waals surface area contributed by atoms with E-state index >= 15 is 0 Å². The van der Waals surface area contributed by atoms with Crippen LogP contribution in [0.4, 0.5) is 0 Å². The number of para-hydroxylation sites is 1. The molecular formula is C28H32ClN5O3. The summed E-state index contributed by atoms with van der Waals surface area (Å²) in [7, 11) is 0. The van der Waals surface area contributed by atoms with Gasteiger partial charge in [-0.05, 0) is 23.6 Å². The average molecular weight is 522 g/mol. The van der Waals surface area contributed by atoms with Crippen molar-refractivity contribution in [3.8, 4) is 0 Å². The number of fused-ring (bicyclic) bond motifs is 2. The fraction of sp³-hybridized carbons (Fsp3) is 0.357. The Kier molecular flexibility index (Phi) is 7.41. The fourth-order valence-corrected chi connectivity index (χ4v) is 5.20. The number of H-pyrrole nitrogens is 1. The Labute approximate surface area is 222 Å². The second-order valence-electron chi connectivity index (χ2n) is 10.3. The van der Waals surface area contributed by atoms with Gasteiger partial charge in [-0.25, -0.2) is 5.01 Å². The second-order valence-corrected chi connectivity index (χ2v) is 10.3. The lowest BCUT2D eigenvalue weighted by Gasteiger charge is -2.37. The first-order valence-electron chi connectivity index (χ1n) is 12.3. The standard InChI is InChI=1S/C28H31N5O3.ClH/c1-28(2,27(29)36)22(14-19-15-30-23-11-7-6-10-20(19)23)26(35)32-13-12-24-21(17-32)25(34)33(31-24)16-18-8-4-3-5-9-18;/h3-11,15,21-22,30H,12-14,16-17H2,1-2H3,(H2,29,36);1H/t21?,22-;/m0./s1. The van der Waals surface area contributed by atoms with Crippen molar-refractivity contribution < 1.29 is 14.4 Å². The molecule has 1 aromatic heterocycles. The number of benzene rings is 2. The predicted octanol–water partition coefficient (Wildman–Crippen LogP) is 3.51. The number of carbonyl (C=O) groups excluding carboxylic acids is 3. The molecule has 8 nitrogen and oxygen atoms in total. The molecule has 0 saturated carbocycles. The minimum absolute atomic E-state index is 0. The van der Waals surface area contributed by atoms with E-state index in [2.05, 4.69) is 10.1 Å². The summed E-state index contributed by atoms with van der Waals surface area (Å²) in [6, 6.07) is 17.6. The van der Waals surface area contributed by atoms with Crippen LogP contribution in [0.2, 0.25) is 0 Å². The summed E-state index contributed by atoms with van der Waals surface area (Å²) in [4.78, 5) is 44.5. The monoisotopic (exact) mass is 521 g/mol. The number of piperidine rings is 1. The van der Waals surface area contributed by atoms with Gasteiger partial charge in [0.15, 0.2) is 0 Å². The van der Waals surface area contributed by atoms with Crippen LogP contribution in [0, 0.1) is 17.3 Å². The minimum atomic E-state index is -1.07. The highest BCUT2D eigenvalue weighted by molar-refractivity contribution is 6.09. The van der Waals surface area contributed by atoms with E-state index < -0.39 is 23.2 Å². The highest BCUT2D eigenvalue weighted by Gasteiger charge is 2.46. The molecule has 2 atom stereocenters. The number of rotatable bonds is 7. The van der Waals surface area contributed by atoms with Gasteiger partial charge in [-0.1, -0.05) is 62.4 Å². The molecule has 2 aliphatic heterocycles. The van der Waals surface area contributed by atoms with Gasteiger partial charge < -0.3 is 15.6 Å². The molecule has 1 unspecified atom stereocenters. The van der Waals surface area contributed by atoms with Crippen LogP contribution in [0.5, 0.6) is 0 Å². The van der Waals surface area contributed by atoms with Crippen molar-refractivity contribution in [2.24, 2.45) is 28.1 Å². The molecule has 3 heterocycles. The van der Waals surface area contributed by atoms with Crippen LogP contribution in [-0.2, 0) is 27.3 Å². The molecule has 1 saturated heterocycles. The van der Waals surface area contributed by atoms with Crippen molar-refractivity contribution in [1.29, 1.82) is 0 Å². The molecule has 5 rings (SSSR count). The summed E-state index contributed by atoms with van der Waals surface area (Å²) >= 11 is 0. The fourth-order valence-electron chi connectivity index (χ4n) is 5.20. The quantitative estimate of drug-likeness (QED) is 0.496. The number of hydrogen-bond donors (Lipinski definition) is 2. The first-order valence-corrected chi connectivity index (χ1v) is 12.3. The van der Waals surface area contributed by atoms with Crippen LogP contribution in [0.15, 0.2) is 65.9 Å². The lowest BCUT2D eigenvalue weighted by atomic mass is 9.73. The van der Waals surface area contributed by atoms with Crippen molar-refractivity contribution >= 4 is 46.7 Å². The van der Waals surface area contributed by atoms with Crippen molar-refractivity contribution in [3.05, 3.63) is 71.9 Å². The van der Waals surface area contributed by atoms with Gasteiger partial charge in [-0.3, -0.25) is 14.4 Å². The molecule has 1 fully saturated rings. The number of likely N-dealkylation sites (tertiary alicyclic amines) is 1. The second kappa shape index (κ2) is 10.4. The number of nitrogens with zero attached hydrogens (tertiary/aromatic N) is 3. The molecule has 3 aromatic rings. The Morgan fingerprint density at radius 3 is 2.57 bits per heavy atom. The Morgan fingerprint density at radius 2 is 1.84 bits per heavy atom. The van der Waals surface area contributed by atoms with Crippen molar-refractivity contribution in [3.63, 3.8) is 0 Å². The number of primary amides is 1. The Hall–Kier alpha value is -3.65. The Morgan fingerprint density at radius 1 is 1.14 bits per heavy atom. The third-order valence-corrected chi connectivity index (χ3v) is 7.63. The maximum absolute atomic E-state index is 13.9. The number of amides is 3. The Bertz CT molecular complexity index is 1350. The molecule has 3 N–H and O–H groups in total. The van der Waals surface area contributed by atoms with E-state index in [4.69, 9.17) is 5.73 Å². The van der Waals surface area contributed by atoms with Gasteiger partial charge in [0.2, 0.25) is 11.8 Å². The van der Waals surface area contributed by atoms with Crippen molar-refractivity contribution in [1.82, 2.24) is 14.9 Å². The maximum Gasteiger partial charge on any atom is 0.253 e. The number of nitrogens with two attached hydrogens (primary N) is 1. The van der Waals surface area contributed by atoms with E-state index in [0.717, 1.165) is 27.7 Å². The van der Waals surface area contributed by atoms with Gasteiger partial charge >= 0.3 is 0 Å². The molecular weight excluding hydrogens is 490 g/mol. The van der Waals surface area contributed by atoms with E-state index in [9.17, 15) is 14.4 Å². The molecule has 2 aromatic carbocycles. The van der Waals surface area contributed by atoms with Gasteiger partial charge in [-0.2, -0.15) is 5.10 Å². The summed E-state index contributed by atoms with van der Waals surface area (Å²) in [5.41, 5.74) is 8.48. The number of hydrazone groups is 1. The first kappa shape index (κ1) is 26.4. The lowest BCUT2D eigenvalue weighted by Crippen LogP contribution is -2.53. The van der Waals surface area contributed by atoms with Gasteiger partial charge in [-0.15, -0.1) is 12.4 Å². The maximum atomic E-state index is 13.9. The van der Waals surface area contributed by atoms with Crippen LogP contribution in [0.3, 0.4) is 0 Å². The summed E-state index contributed by atoms with van der Waals surface area (Å²) in [6.07, 6.45) is 2.80. The molecule has 9 heteroatoms. The topological polar surface area (TPSA) is 112 Å². The number of aromatic amines is 1. The van der Waals surface area contributed by atoms with Crippen LogP contribution in [0.25, 0.3) is 10.9 Å². The molecule has 3 amide bonds. The van der Waals surface area contributed by atoms with Crippen molar-refractivity contribution in [2.45, 2.75) is 33.2 Å². The van der Waals surface area contributed by atoms with Gasteiger partial charge in [0.05, 0.1) is 29.5 Å². The van der Waals surface area contributed by atoms with Crippen LogP contribution >= 0.6 is 12.4 Å². The zero-order chi connectivity index (χ0) is 25.4. The molecule has 37 heavy (non-hydrogen) atoms. The third kappa shape index (κ3) is 4.98. The SMILES string of the molecule is CC(C)(C(N)=O)[C@@H](Cc1c[nH]c2ccccc12)C(=O)N1CCC2=NN(Cc3ccccc3)C(=O)C2C1.Cl. The lowest BCUT2D eigenvalue weighted by molar-refractivity contribution is -0.146. The van der Waals surface area contributed by atoms with E-state index in [1.165, 1.54) is 5.01 Å². The molecule has 0 radical (unpaired) electrons. The third-order valence-electron chi connectivity index (χ3n) is 7.63. The zero-order valence-corrected chi connectivity index (χ0v) is 21.8. The van der Waals surface area contributed by atoms with E-state index in [0.29, 0.717) is 25.9 Å². The predicted molar refractivity (Wildman–Crippen MR) is 145 cm³/mol. The van der Waals surface area contributed by atoms with Gasteiger partial charge in [0.1, 0.15) is 0 Å². The number of carbonyl (C=O) groups is 3. The van der Waals surface area contributed by atoms with Gasteiger partial charge in [0.25, 0.3) is 5.91 Å². The van der Waals surface area contributed by atoms with Crippen molar-refractivity contribution in [2.75, 3.05) is 13.1 Å². The molecule has 0 spiro atoms. The zero-order valence-electron chi connectivity index (χ0n) is 21.0. The molecule has 194 valence electrons.